The summed E-state index contributed by atoms with van der Waals surface area (Å²) in [5.41, 5.74) is 1.11. The first-order valence-electron chi connectivity index (χ1n) is 9.14. The van der Waals surface area contributed by atoms with Gasteiger partial charge in [-0.05, 0) is 44.0 Å². The Hall–Kier alpha value is -2.72. The van der Waals surface area contributed by atoms with Gasteiger partial charge in [-0.15, -0.1) is 11.3 Å². The van der Waals surface area contributed by atoms with Gasteiger partial charge in [0.25, 0.3) is 5.91 Å². The van der Waals surface area contributed by atoms with Crippen LogP contribution >= 0.6 is 11.3 Å². The molecule has 30 heavy (non-hydrogen) atoms. The minimum Gasteiger partial charge on any atom is -0.462 e. The van der Waals surface area contributed by atoms with Crippen molar-refractivity contribution in [3.63, 3.8) is 0 Å². The summed E-state index contributed by atoms with van der Waals surface area (Å²) in [6.07, 6.45) is 1.62. The summed E-state index contributed by atoms with van der Waals surface area (Å²) in [6, 6.07) is 5.36. The molecule has 0 aliphatic rings. The van der Waals surface area contributed by atoms with Crippen LogP contribution in [0.3, 0.4) is 0 Å². The molecule has 1 amide bonds. The second-order valence-electron chi connectivity index (χ2n) is 6.34. The summed E-state index contributed by atoms with van der Waals surface area (Å²) >= 11 is 1.24. The van der Waals surface area contributed by atoms with E-state index in [2.05, 4.69) is 5.32 Å². The number of hydrogen-bond acceptors (Lipinski definition) is 8. The molecular formula is C20H23NO7S2. The largest absolute Gasteiger partial charge is 0.462 e. The van der Waals surface area contributed by atoms with Gasteiger partial charge in [0, 0.05) is 11.1 Å². The van der Waals surface area contributed by atoms with E-state index in [9.17, 15) is 22.8 Å². The number of esters is 2. The van der Waals surface area contributed by atoms with Crippen molar-refractivity contribution in [2.45, 2.75) is 32.1 Å². The molecule has 0 radical (unpaired) electrons. The van der Waals surface area contributed by atoms with Crippen LogP contribution in [0.15, 0.2) is 29.2 Å². The molecule has 0 atom stereocenters. The van der Waals surface area contributed by atoms with Crippen LogP contribution in [-0.2, 0) is 30.5 Å². The minimum absolute atomic E-state index is 0.0122. The van der Waals surface area contributed by atoms with Crippen molar-refractivity contribution in [2.75, 3.05) is 24.8 Å². The van der Waals surface area contributed by atoms with Gasteiger partial charge in [-0.3, -0.25) is 4.79 Å². The number of aryl methyl sites for hydroxylation is 1. The lowest BCUT2D eigenvalue weighted by molar-refractivity contribution is -0.119. The highest BCUT2D eigenvalue weighted by Crippen LogP contribution is 2.34. The van der Waals surface area contributed by atoms with Gasteiger partial charge in [-0.25, -0.2) is 18.0 Å². The second kappa shape index (κ2) is 9.86. The lowest BCUT2D eigenvalue weighted by atomic mass is 10.1. The fourth-order valence-corrected chi connectivity index (χ4v) is 4.56. The zero-order chi connectivity index (χ0) is 22.5. The first-order chi connectivity index (χ1) is 14.1. The number of ether oxygens (including phenoxy) is 2. The van der Waals surface area contributed by atoms with Gasteiger partial charge in [0.15, 0.2) is 16.4 Å². The molecule has 0 aliphatic carbocycles. The van der Waals surface area contributed by atoms with Crippen LogP contribution < -0.4 is 5.32 Å². The smallest absolute Gasteiger partial charge is 0.341 e. The van der Waals surface area contributed by atoms with E-state index in [1.807, 2.05) is 13.8 Å². The van der Waals surface area contributed by atoms with Crippen molar-refractivity contribution < 1.29 is 32.3 Å². The summed E-state index contributed by atoms with van der Waals surface area (Å²) in [7, 11) is -3.48. The van der Waals surface area contributed by atoms with Crippen molar-refractivity contribution in [3.05, 3.63) is 45.8 Å². The summed E-state index contributed by atoms with van der Waals surface area (Å²) in [4.78, 5) is 37.6. The zero-order valence-corrected chi connectivity index (χ0v) is 18.7. The van der Waals surface area contributed by atoms with Crippen LogP contribution in [0, 0.1) is 6.92 Å². The highest BCUT2D eigenvalue weighted by atomic mass is 32.2. The van der Waals surface area contributed by atoms with Crippen molar-refractivity contribution >= 4 is 44.0 Å². The summed E-state index contributed by atoms with van der Waals surface area (Å²) in [5, 5.41) is 2.93. The van der Waals surface area contributed by atoms with Gasteiger partial charge in [0.05, 0.1) is 22.6 Å². The minimum atomic E-state index is -3.48. The van der Waals surface area contributed by atoms with E-state index in [1.54, 1.807) is 6.92 Å². The number of anilines is 1. The van der Waals surface area contributed by atoms with E-state index in [0.717, 1.165) is 16.7 Å². The SMILES string of the molecule is CCOC(=O)c1c(NC(=O)COC(=O)c2cccc(S(C)(=O)=O)c2)sc(C)c1CC. The van der Waals surface area contributed by atoms with Gasteiger partial charge < -0.3 is 14.8 Å². The zero-order valence-electron chi connectivity index (χ0n) is 17.1. The Kier molecular flexibility index (Phi) is 7.74. The number of nitrogens with one attached hydrogen (secondary N) is 1. The maximum atomic E-state index is 12.3. The van der Waals surface area contributed by atoms with E-state index in [-0.39, 0.29) is 17.1 Å². The Balaban J connectivity index is 2.10. The van der Waals surface area contributed by atoms with Crippen LogP contribution in [0.25, 0.3) is 0 Å². The normalized spacial score (nSPS) is 11.1. The van der Waals surface area contributed by atoms with Gasteiger partial charge >= 0.3 is 11.9 Å². The number of benzene rings is 1. The number of carbonyl (C=O) groups is 3. The third kappa shape index (κ3) is 5.67. The van der Waals surface area contributed by atoms with Crippen molar-refractivity contribution in [2.24, 2.45) is 0 Å². The topological polar surface area (TPSA) is 116 Å². The molecule has 2 rings (SSSR count). The number of hydrogen-bond donors (Lipinski definition) is 1. The number of amides is 1. The van der Waals surface area contributed by atoms with Crippen LogP contribution in [0.2, 0.25) is 0 Å². The van der Waals surface area contributed by atoms with E-state index in [0.29, 0.717) is 17.0 Å². The number of thiophene rings is 1. The Morgan fingerprint density at radius 2 is 1.80 bits per heavy atom. The molecule has 162 valence electrons. The fraction of sp³-hybridized carbons (Fsp3) is 0.350. The van der Waals surface area contributed by atoms with E-state index in [4.69, 9.17) is 9.47 Å². The van der Waals surface area contributed by atoms with Crippen molar-refractivity contribution in [1.82, 2.24) is 0 Å². The molecule has 1 heterocycles. The quantitative estimate of drug-likeness (QED) is 0.611. The standard InChI is InChI=1S/C20H23NO7S2/c1-5-15-12(3)29-18(17(15)20(24)27-6-2)21-16(22)11-28-19(23)13-8-7-9-14(10-13)30(4,25)26/h7-10H,5-6,11H2,1-4H3,(H,21,22). The van der Waals surface area contributed by atoms with Crippen LogP contribution in [0.4, 0.5) is 5.00 Å². The van der Waals surface area contributed by atoms with E-state index >= 15 is 0 Å². The van der Waals surface area contributed by atoms with Gasteiger partial charge in [0.2, 0.25) is 0 Å². The first kappa shape index (κ1) is 23.6. The maximum Gasteiger partial charge on any atom is 0.341 e. The molecule has 1 aromatic heterocycles. The highest BCUT2D eigenvalue weighted by Gasteiger charge is 2.24. The van der Waals surface area contributed by atoms with Crippen LogP contribution in [0.5, 0.6) is 0 Å². The molecule has 0 saturated carbocycles. The molecule has 0 bridgehead atoms. The molecular weight excluding hydrogens is 430 g/mol. The highest BCUT2D eigenvalue weighted by molar-refractivity contribution is 7.90. The molecule has 1 N–H and O–H groups in total. The Morgan fingerprint density at radius 3 is 2.40 bits per heavy atom. The molecule has 0 aliphatic heterocycles. The monoisotopic (exact) mass is 453 g/mol. The lowest BCUT2D eigenvalue weighted by Crippen LogP contribution is -2.22. The number of sulfone groups is 1. The van der Waals surface area contributed by atoms with Crippen LogP contribution in [0.1, 0.15) is 45.0 Å². The molecule has 0 fully saturated rings. The molecule has 1 aromatic carbocycles. The van der Waals surface area contributed by atoms with Crippen molar-refractivity contribution in [1.29, 1.82) is 0 Å². The summed E-state index contributed by atoms with van der Waals surface area (Å²) in [6.45, 7) is 5.04. The average molecular weight is 454 g/mol. The molecule has 8 nitrogen and oxygen atoms in total. The molecule has 0 spiro atoms. The van der Waals surface area contributed by atoms with E-state index < -0.39 is 34.3 Å². The van der Waals surface area contributed by atoms with Gasteiger partial charge in [-0.2, -0.15) is 0 Å². The Bertz CT molecular complexity index is 1070. The predicted molar refractivity (Wildman–Crippen MR) is 113 cm³/mol. The predicted octanol–water partition coefficient (Wildman–Crippen LogP) is 2.99. The van der Waals surface area contributed by atoms with Gasteiger partial charge in [0.1, 0.15) is 5.00 Å². The third-order valence-electron chi connectivity index (χ3n) is 4.13. The number of carbonyl (C=O) groups excluding carboxylic acids is 3. The molecule has 0 unspecified atom stereocenters. The first-order valence-corrected chi connectivity index (χ1v) is 11.9. The maximum absolute atomic E-state index is 12.3. The molecule has 0 saturated heterocycles. The van der Waals surface area contributed by atoms with Crippen LogP contribution in [-0.4, -0.2) is 45.7 Å². The van der Waals surface area contributed by atoms with E-state index in [1.165, 1.54) is 35.6 Å². The lowest BCUT2D eigenvalue weighted by Gasteiger charge is -2.09. The third-order valence-corrected chi connectivity index (χ3v) is 6.30. The Morgan fingerprint density at radius 1 is 1.10 bits per heavy atom. The van der Waals surface area contributed by atoms with Gasteiger partial charge in [-0.1, -0.05) is 13.0 Å². The Labute approximate surface area is 179 Å². The summed E-state index contributed by atoms with van der Waals surface area (Å²) < 4.78 is 33.3. The molecule has 10 heteroatoms. The average Bonchev–Trinajstić information content (AvgIpc) is 3.00. The van der Waals surface area contributed by atoms with Crippen molar-refractivity contribution in [3.8, 4) is 0 Å². The fourth-order valence-electron chi connectivity index (χ4n) is 2.74. The summed E-state index contributed by atoms with van der Waals surface area (Å²) in [5.74, 6) is -1.99. The molecule has 2 aromatic rings. The number of rotatable bonds is 8. The second-order valence-corrected chi connectivity index (χ2v) is 9.58.